The fourth-order valence-electron chi connectivity index (χ4n) is 1.95. The van der Waals surface area contributed by atoms with E-state index in [1.165, 1.54) is 38.6 Å². The molecule has 0 saturated carbocycles. The van der Waals surface area contributed by atoms with Crippen molar-refractivity contribution in [2.45, 2.75) is 50.8 Å². The molecule has 0 radical (unpaired) electrons. The summed E-state index contributed by atoms with van der Waals surface area (Å²) in [6, 6.07) is 0. The summed E-state index contributed by atoms with van der Waals surface area (Å²) in [5.41, 5.74) is 0. The van der Waals surface area contributed by atoms with Crippen molar-refractivity contribution in [3.05, 3.63) is 12.4 Å². The summed E-state index contributed by atoms with van der Waals surface area (Å²) in [5.74, 6) is 0. The van der Waals surface area contributed by atoms with E-state index < -0.39 is 0 Å². The molecule has 0 fully saturated rings. The zero-order valence-electron chi connectivity index (χ0n) is 10.7. The molecule has 1 rings (SSSR count). The van der Waals surface area contributed by atoms with Gasteiger partial charge in [-0.2, -0.15) is 0 Å². The van der Waals surface area contributed by atoms with Crippen LogP contribution in [0.1, 0.15) is 46.0 Å². The van der Waals surface area contributed by atoms with E-state index in [1.807, 2.05) is 0 Å². The Morgan fingerprint density at radius 2 is 1.81 bits per heavy atom. The lowest BCUT2D eigenvalue weighted by atomic mass is 10.1. The molecule has 0 spiro atoms. The molecule has 0 N–H and O–H groups in total. The lowest BCUT2D eigenvalue weighted by Gasteiger charge is -2.20. The Labute approximate surface area is 109 Å². The molecule has 1 aliphatic rings. The van der Waals surface area contributed by atoms with E-state index in [0.29, 0.717) is 0 Å². The number of nitrogens with zero attached hydrogens (tertiary/aromatic N) is 2. The largest absolute Gasteiger partial charge is 0.359 e. The van der Waals surface area contributed by atoms with Crippen LogP contribution < -0.4 is 0 Å². The minimum absolute atomic E-state index is 0.723. The van der Waals surface area contributed by atoms with Gasteiger partial charge in [-0.05, 0) is 26.2 Å². The van der Waals surface area contributed by atoms with Gasteiger partial charge in [0.05, 0.1) is 6.67 Å². The van der Waals surface area contributed by atoms with Crippen LogP contribution in [0.15, 0.2) is 12.4 Å². The predicted octanol–water partition coefficient (Wildman–Crippen LogP) is 3.79. The minimum Gasteiger partial charge on any atom is -0.359 e. The minimum atomic E-state index is 0.723. The molecule has 0 amide bonds. The summed E-state index contributed by atoms with van der Waals surface area (Å²) < 4.78 is 0. The highest BCUT2D eigenvalue weighted by Gasteiger charge is 2.10. The van der Waals surface area contributed by atoms with Crippen LogP contribution in [0.3, 0.4) is 0 Å². The van der Waals surface area contributed by atoms with Crippen molar-refractivity contribution in [3.8, 4) is 0 Å². The van der Waals surface area contributed by atoms with Crippen molar-refractivity contribution >= 4 is 15.9 Å². The van der Waals surface area contributed by atoms with Gasteiger partial charge in [-0.15, -0.1) is 0 Å². The second-order valence-electron chi connectivity index (χ2n) is 4.54. The highest BCUT2D eigenvalue weighted by Crippen LogP contribution is 2.16. The maximum Gasteiger partial charge on any atom is 0.0893 e. The van der Waals surface area contributed by atoms with Gasteiger partial charge in [0, 0.05) is 30.3 Å². The number of unbranched alkanes of at least 4 members (excludes halogenated alkanes) is 1. The standard InChI is InChI=1S/C13H25BrN2/c1-3-5-7-13(14)8-6-9-16-11-10-15(4-2)12-16/h10-11,13H,3-9,12H2,1-2H3. The monoisotopic (exact) mass is 288 g/mol. The number of hydrogen-bond donors (Lipinski definition) is 0. The average Bonchev–Trinajstić information content (AvgIpc) is 2.74. The first-order chi connectivity index (χ1) is 7.76. The Balaban J connectivity index is 2.01. The SMILES string of the molecule is CCCCC(Br)CCCN1C=CN(CC)C1. The molecule has 1 heterocycles. The molecule has 0 aromatic rings. The first-order valence-corrected chi connectivity index (χ1v) is 7.48. The van der Waals surface area contributed by atoms with Gasteiger partial charge in [0.2, 0.25) is 0 Å². The van der Waals surface area contributed by atoms with Crippen molar-refractivity contribution in [3.63, 3.8) is 0 Å². The number of halogens is 1. The predicted molar refractivity (Wildman–Crippen MR) is 74.6 cm³/mol. The van der Waals surface area contributed by atoms with E-state index >= 15 is 0 Å². The van der Waals surface area contributed by atoms with Crippen LogP contribution >= 0.6 is 15.9 Å². The third-order valence-corrected chi connectivity index (χ3v) is 4.01. The highest BCUT2D eigenvalue weighted by atomic mass is 79.9. The molecular formula is C13H25BrN2. The summed E-state index contributed by atoms with van der Waals surface area (Å²) in [6.45, 7) is 7.85. The number of alkyl halides is 1. The molecule has 0 bridgehead atoms. The van der Waals surface area contributed by atoms with Crippen LogP contribution in [-0.4, -0.2) is 34.4 Å². The molecular weight excluding hydrogens is 264 g/mol. The van der Waals surface area contributed by atoms with Crippen LogP contribution in [0.2, 0.25) is 0 Å². The molecule has 16 heavy (non-hydrogen) atoms. The van der Waals surface area contributed by atoms with Crippen molar-refractivity contribution in [2.24, 2.45) is 0 Å². The van der Waals surface area contributed by atoms with Crippen LogP contribution in [-0.2, 0) is 0 Å². The van der Waals surface area contributed by atoms with Crippen LogP contribution in [0.5, 0.6) is 0 Å². The van der Waals surface area contributed by atoms with E-state index in [4.69, 9.17) is 0 Å². The lowest BCUT2D eigenvalue weighted by molar-refractivity contribution is 0.269. The van der Waals surface area contributed by atoms with Gasteiger partial charge in [-0.3, -0.25) is 0 Å². The van der Waals surface area contributed by atoms with Gasteiger partial charge in [-0.1, -0.05) is 35.7 Å². The van der Waals surface area contributed by atoms with Gasteiger partial charge in [0.25, 0.3) is 0 Å². The first-order valence-electron chi connectivity index (χ1n) is 6.56. The molecule has 0 aromatic heterocycles. The van der Waals surface area contributed by atoms with Crippen LogP contribution in [0.25, 0.3) is 0 Å². The maximum absolute atomic E-state index is 3.77. The summed E-state index contributed by atoms with van der Waals surface area (Å²) in [7, 11) is 0. The van der Waals surface area contributed by atoms with E-state index in [1.54, 1.807) is 0 Å². The third kappa shape index (κ3) is 5.24. The Morgan fingerprint density at radius 1 is 1.12 bits per heavy atom. The van der Waals surface area contributed by atoms with Gasteiger partial charge >= 0.3 is 0 Å². The topological polar surface area (TPSA) is 6.48 Å². The van der Waals surface area contributed by atoms with Gasteiger partial charge in [0.15, 0.2) is 0 Å². The Kier molecular flexibility index (Phi) is 6.93. The fraction of sp³-hybridized carbons (Fsp3) is 0.846. The molecule has 2 nitrogen and oxygen atoms in total. The molecule has 0 aliphatic carbocycles. The van der Waals surface area contributed by atoms with Crippen molar-refractivity contribution < 1.29 is 0 Å². The molecule has 1 atom stereocenters. The summed E-state index contributed by atoms with van der Waals surface area (Å²) in [6.07, 6.45) is 11.0. The van der Waals surface area contributed by atoms with E-state index in [2.05, 4.69) is 52.0 Å². The Morgan fingerprint density at radius 3 is 2.44 bits per heavy atom. The van der Waals surface area contributed by atoms with E-state index in [-0.39, 0.29) is 0 Å². The molecule has 94 valence electrons. The van der Waals surface area contributed by atoms with Gasteiger partial charge in [-0.25, -0.2) is 0 Å². The zero-order chi connectivity index (χ0) is 11.8. The number of hydrogen-bond acceptors (Lipinski definition) is 2. The average molecular weight is 289 g/mol. The van der Waals surface area contributed by atoms with Crippen molar-refractivity contribution in [1.82, 2.24) is 9.80 Å². The summed E-state index contributed by atoms with van der Waals surface area (Å²) in [5, 5.41) is 0. The smallest absolute Gasteiger partial charge is 0.0893 e. The molecule has 0 saturated heterocycles. The number of rotatable bonds is 8. The Bertz CT molecular complexity index is 206. The van der Waals surface area contributed by atoms with E-state index in [9.17, 15) is 0 Å². The highest BCUT2D eigenvalue weighted by molar-refractivity contribution is 9.09. The van der Waals surface area contributed by atoms with Gasteiger partial charge < -0.3 is 9.80 Å². The Hall–Kier alpha value is -0.180. The van der Waals surface area contributed by atoms with Crippen molar-refractivity contribution in [2.75, 3.05) is 19.8 Å². The maximum atomic E-state index is 3.77. The fourth-order valence-corrected chi connectivity index (χ4v) is 2.60. The second-order valence-corrected chi connectivity index (χ2v) is 5.83. The molecule has 3 heteroatoms. The zero-order valence-corrected chi connectivity index (χ0v) is 12.2. The van der Waals surface area contributed by atoms with Crippen LogP contribution in [0, 0.1) is 0 Å². The third-order valence-electron chi connectivity index (χ3n) is 3.09. The lowest BCUT2D eigenvalue weighted by Crippen LogP contribution is -2.26. The van der Waals surface area contributed by atoms with E-state index in [0.717, 1.165) is 18.0 Å². The normalized spacial score (nSPS) is 17.2. The molecule has 0 aromatic carbocycles. The molecule has 1 unspecified atom stereocenters. The molecule has 1 aliphatic heterocycles. The second kappa shape index (κ2) is 7.99. The van der Waals surface area contributed by atoms with Gasteiger partial charge in [0.1, 0.15) is 0 Å². The first kappa shape index (κ1) is 13.9. The quantitative estimate of drug-likeness (QED) is 0.627. The van der Waals surface area contributed by atoms with Crippen LogP contribution in [0.4, 0.5) is 0 Å². The summed E-state index contributed by atoms with van der Waals surface area (Å²) >= 11 is 3.77. The van der Waals surface area contributed by atoms with Crippen molar-refractivity contribution in [1.29, 1.82) is 0 Å². The summed E-state index contributed by atoms with van der Waals surface area (Å²) in [4.78, 5) is 5.47.